The molecular weight excluding hydrogens is 184 g/mol. The Balaban J connectivity index is 2.24. The molecule has 1 saturated carbocycles. The summed E-state index contributed by atoms with van der Waals surface area (Å²) in [7, 11) is 0. The van der Waals surface area contributed by atoms with Gasteiger partial charge in [-0.1, -0.05) is 33.1 Å². The third kappa shape index (κ3) is 4.98. The first-order valence-corrected chi connectivity index (χ1v) is 6.75. The zero-order chi connectivity index (χ0) is 11.1. The summed E-state index contributed by atoms with van der Waals surface area (Å²) in [5.74, 6) is 0.991. The summed E-state index contributed by atoms with van der Waals surface area (Å²) >= 11 is 0. The topological polar surface area (TPSA) is 29.3 Å². The van der Waals surface area contributed by atoms with Crippen molar-refractivity contribution < 1.29 is 0 Å². The van der Waals surface area contributed by atoms with E-state index >= 15 is 0 Å². The molecule has 15 heavy (non-hydrogen) atoms. The molecule has 2 heteroatoms. The molecule has 0 spiro atoms. The van der Waals surface area contributed by atoms with Gasteiger partial charge in [0.25, 0.3) is 0 Å². The van der Waals surface area contributed by atoms with E-state index in [1.54, 1.807) is 0 Å². The summed E-state index contributed by atoms with van der Waals surface area (Å²) in [5, 5.41) is 0. The lowest BCUT2D eigenvalue weighted by atomic mass is 10.1. The van der Waals surface area contributed by atoms with Gasteiger partial charge in [0.15, 0.2) is 0 Å². The van der Waals surface area contributed by atoms with E-state index in [4.69, 9.17) is 5.73 Å². The first kappa shape index (κ1) is 13.0. The van der Waals surface area contributed by atoms with E-state index in [0.717, 1.165) is 12.5 Å². The van der Waals surface area contributed by atoms with Crippen molar-refractivity contribution in [3.05, 3.63) is 0 Å². The smallest absolute Gasteiger partial charge is 0.0218 e. The maximum Gasteiger partial charge on any atom is 0.0218 e. The van der Waals surface area contributed by atoms with Gasteiger partial charge in [0.2, 0.25) is 0 Å². The first-order chi connectivity index (χ1) is 7.31. The number of hydrogen-bond acceptors (Lipinski definition) is 2. The van der Waals surface area contributed by atoms with Crippen LogP contribution in [0.5, 0.6) is 0 Å². The molecule has 1 aliphatic carbocycles. The fourth-order valence-electron chi connectivity index (χ4n) is 2.25. The van der Waals surface area contributed by atoms with Crippen molar-refractivity contribution in [2.45, 2.75) is 58.4 Å². The monoisotopic (exact) mass is 212 g/mol. The van der Waals surface area contributed by atoms with Crippen molar-refractivity contribution in [3.8, 4) is 0 Å². The molecule has 2 nitrogen and oxygen atoms in total. The predicted octanol–water partition coefficient (Wildman–Crippen LogP) is 2.63. The Hall–Kier alpha value is -0.0800. The summed E-state index contributed by atoms with van der Waals surface area (Å²) in [4.78, 5) is 2.60. The lowest BCUT2D eigenvalue weighted by Crippen LogP contribution is -2.41. The SMILES string of the molecule is CCCCCC(CN)N(CC)CC1CC1. The molecule has 0 heterocycles. The lowest BCUT2D eigenvalue weighted by Gasteiger charge is -2.30. The average molecular weight is 212 g/mol. The molecule has 2 N–H and O–H groups in total. The number of unbranched alkanes of at least 4 members (excludes halogenated alkanes) is 2. The molecule has 0 aromatic carbocycles. The number of nitrogens with two attached hydrogens (primary N) is 1. The second kappa shape index (κ2) is 7.24. The molecule has 0 aliphatic heterocycles. The van der Waals surface area contributed by atoms with Crippen LogP contribution in [0.25, 0.3) is 0 Å². The van der Waals surface area contributed by atoms with E-state index in [9.17, 15) is 0 Å². The van der Waals surface area contributed by atoms with E-state index in [1.165, 1.54) is 51.6 Å². The lowest BCUT2D eigenvalue weighted by molar-refractivity contribution is 0.189. The van der Waals surface area contributed by atoms with Gasteiger partial charge < -0.3 is 5.73 Å². The van der Waals surface area contributed by atoms with Crippen LogP contribution in [0.1, 0.15) is 52.4 Å². The number of likely N-dealkylation sites (N-methyl/N-ethyl adjacent to an activating group) is 1. The molecule has 0 aromatic rings. The fraction of sp³-hybridized carbons (Fsp3) is 1.00. The highest BCUT2D eigenvalue weighted by Gasteiger charge is 2.26. The largest absolute Gasteiger partial charge is 0.329 e. The molecule has 1 rings (SSSR count). The molecule has 0 aromatic heterocycles. The third-order valence-electron chi connectivity index (χ3n) is 3.53. The van der Waals surface area contributed by atoms with Gasteiger partial charge in [-0.05, 0) is 31.7 Å². The minimum absolute atomic E-state index is 0.641. The third-order valence-corrected chi connectivity index (χ3v) is 3.53. The highest BCUT2D eigenvalue weighted by Crippen LogP contribution is 2.30. The van der Waals surface area contributed by atoms with Crippen LogP contribution in [0.2, 0.25) is 0 Å². The number of rotatable bonds is 9. The Morgan fingerprint density at radius 1 is 1.27 bits per heavy atom. The molecule has 0 radical (unpaired) electrons. The standard InChI is InChI=1S/C13H28N2/c1-3-5-6-7-13(10-14)15(4-2)11-12-8-9-12/h12-13H,3-11,14H2,1-2H3. The normalized spacial score (nSPS) is 18.4. The number of nitrogens with zero attached hydrogens (tertiary/aromatic N) is 1. The van der Waals surface area contributed by atoms with E-state index in [0.29, 0.717) is 6.04 Å². The Bertz CT molecular complexity index is 155. The highest BCUT2D eigenvalue weighted by atomic mass is 15.2. The molecular formula is C13H28N2. The second-order valence-corrected chi connectivity index (χ2v) is 4.92. The molecule has 1 atom stereocenters. The maximum atomic E-state index is 5.89. The van der Waals surface area contributed by atoms with Gasteiger partial charge in [-0.3, -0.25) is 4.90 Å². The van der Waals surface area contributed by atoms with Gasteiger partial charge in [0.05, 0.1) is 0 Å². The first-order valence-electron chi connectivity index (χ1n) is 6.75. The average Bonchev–Trinajstić information content (AvgIpc) is 3.06. The summed E-state index contributed by atoms with van der Waals surface area (Å²) in [5.41, 5.74) is 5.89. The molecule has 0 saturated heterocycles. The van der Waals surface area contributed by atoms with Gasteiger partial charge in [-0.15, -0.1) is 0 Å². The van der Waals surface area contributed by atoms with Gasteiger partial charge in [-0.2, -0.15) is 0 Å². The Morgan fingerprint density at radius 3 is 2.47 bits per heavy atom. The van der Waals surface area contributed by atoms with Crippen LogP contribution in [0, 0.1) is 5.92 Å². The van der Waals surface area contributed by atoms with Crippen molar-refractivity contribution in [3.63, 3.8) is 0 Å². The Kier molecular flexibility index (Phi) is 6.26. The molecule has 1 aliphatic rings. The van der Waals surface area contributed by atoms with Crippen LogP contribution in [0.4, 0.5) is 0 Å². The predicted molar refractivity (Wildman–Crippen MR) is 67.0 cm³/mol. The minimum Gasteiger partial charge on any atom is -0.329 e. The second-order valence-electron chi connectivity index (χ2n) is 4.92. The molecule has 1 fully saturated rings. The van der Waals surface area contributed by atoms with Gasteiger partial charge in [-0.25, -0.2) is 0 Å². The highest BCUT2D eigenvalue weighted by molar-refractivity contribution is 4.81. The van der Waals surface area contributed by atoms with Crippen LogP contribution in [-0.2, 0) is 0 Å². The quantitative estimate of drug-likeness (QED) is 0.595. The molecule has 0 amide bonds. The van der Waals surface area contributed by atoms with Crippen LogP contribution < -0.4 is 5.73 Å². The molecule has 1 unspecified atom stereocenters. The van der Waals surface area contributed by atoms with Crippen molar-refractivity contribution in [1.82, 2.24) is 4.90 Å². The van der Waals surface area contributed by atoms with Crippen molar-refractivity contribution >= 4 is 0 Å². The number of hydrogen-bond donors (Lipinski definition) is 1. The zero-order valence-corrected chi connectivity index (χ0v) is 10.5. The maximum absolute atomic E-state index is 5.89. The van der Waals surface area contributed by atoms with E-state index in [2.05, 4.69) is 18.7 Å². The summed E-state index contributed by atoms with van der Waals surface area (Å²) in [6.45, 7) is 7.84. The van der Waals surface area contributed by atoms with E-state index in [-0.39, 0.29) is 0 Å². The van der Waals surface area contributed by atoms with Crippen molar-refractivity contribution in [2.75, 3.05) is 19.6 Å². The van der Waals surface area contributed by atoms with Crippen LogP contribution in [0.15, 0.2) is 0 Å². The van der Waals surface area contributed by atoms with Gasteiger partial charge in [0, 0.05) is 19.1 Å². The molecule has 0 bridgehead atoms. The van der Waals surface area contributed by atoms with Crippen molar-refractivity contribution in [1.29, 1.82) is 0 Å². The summed E-state index contributed by atoms with van der Waals surface area (Å²) < 4.78 is 0. The Morgan fingerprint density at radius 2 is 2.00 bits per heavy atom. The van der Waals surface area contributed by atoms with E-state index in [1.807, 2.05) is 0 Å². The molecule has 90 valence electrons. The van der Waals surface area contributed by atoms with Gasteiger partial charge in [0.1, 0.15) is 0 Å². The van der Waals surface area contributed by atoms with E-state index < -0.39 is 0 Å². The summed E-state index contributed by atoms with van der Waals surface area (Å²) in [6.07, 6.45) is 8.21. The minimum atomic E-state index is 0.641. The van der Waals surface area contributed by atoms with Crippen molar-refractivity contribution in [2.24, 2.45) is 11.7 Å². The van der Waals surface area contributed by atoms with Crippen LogP contribution in [-0.4, -0.2) is 30.6 Å². The summed E-state index contributed by atoms with van der Waals surface area (Å²) in [6, 6.07) is 0.641. The van der Waals surface area contributed by atoms with Crippen LogP contribution in [0.3, 0.4) is 0 Å². The Labute approximate surface area is 95.2 Å². The fourth-order valence-corrected chi connectivity index (χ4v) is 2.25. The van der Waals surface area contributed by atoms with Gasteiger partial charge >= 0.3 is 0 Å². The zero-order valence-electron chi connectivity index (χ0n) is 10.5. The van der Waals surface area contributed by atoms with Crippen LogP contribution >= 0.6 is 0 Å².